The SMILES string of the molecule is Cc1cccc(C)c1N1CC(C#N)COC1=O. The molecule has 0 radical (unpaired) electrons. The Morgan fingerprint density at radius 2 is 2.06 bits per heavy atom. The van der Waals surface area contributed by atoms with Crippen molar-refractivity contribution in [2.45, 2.75) is 13.8 Å². The molecule has 0 N–H and O–H groups in total. The summed E-state index contributed by atoms with van der Waals surface area (Å²) in [6.07, 6.45) is -0.367. The van der Waals surface area contributed by atoms with E-state index in [1.807, 2.05) is 32.0 Å². The number of carbonyl (C=O) groups excluding carboxylic acids is 1. The molecule has 1 saturated heterocycles. The molecule has 4 heteroatoms. The van der Waals surface area contributed by atoms with Crippen LogP contribution in [0.15, 0.2) is 18.2 Å². The topological polar surface area (TPSA) is 53.3 Å². The standard InChI is InChI=1S/C13H14N2O2/c1-9-4-3-5-10(2)12(9)15-7-11(6-14)8-17-13(15)16/h3-5,11H,7-8H2,1-2H3. The minimum Gasteiger partial charge on any atom is -0.448 e. The number of para-hydroxylation sites is 1. The van der Waals surface area contributed by atoms with E-state index in [4.69, 9.17) is 10.00 Å². The van der Waals surface area contributed by atoms with Crippen molar-refractivity contribution in [1.29, 1.82) is 5.26 Å². The Kier molecular flexibility index (Phi) is 3.01. The average Bonchev–Trinajstić information content (AvgIpc) is 2.31. The second-order valence-electron chi connectivity index (χ2n) is 4.25. The van der Waals surface area contributed by atoms with Crippen molar-refractivity contribution >= 4 is 11.8 Å². The summed E-state index contributed by atoms with van der Waals surface area (Å²) in [5.41, 5.74) is 2.89. The van der Waals surface area contributed by atoms with Gasteiger partial charge in [-0.15, -0.1) is 0 Å². The number of cyclic esters (lactones) is 1. The number of nitriles is 1. The molecule has 1 unspecified atom stereocenters. The van der Waals surface area contributed by atoms with E-state index in [2.05, 4.69) is 6.07 Å². The number of aryl methyl sites for hydroxylation is 2. The van der Waals surface area contributed by atoms with Gasteiger partial charge in [-0.1, -0.05) is 18.2 Å². The third-order valence-electron chi connectivity index (χ3n) is 2.92. The Bertz CT molecular complexity index is 470. The van der Waals surface area contributed by atoms with Gasteiger partial charge in [0, 0.05) is 6.54 Å². The zero-order chi connectivity index (χ0) is 12.4. The number of amides is 1. The van der Waals surface area contributed by atoms with E-state index in [-0.39, 0.29) is 18.6 Å². The molecule has 88 valence electrons. The van der Waals surface area contributed by atoms with Crippen LogP contribution >= 0.6 is 0 Å². The summed E-state index contributed by atoms with van der Waals surface area (Å²) in [7, 11) is 0. The van der Waals surface area contributed by atoms with E-state index in [9.17, 15) is 4.79 Å². The Balaban J connectivity index is 2.38. The van der Waals surface area contributed by atoms with Crippen LogP contribution in [0, 0.1) is 31.1 Å². The number of rotatable bonds is 1. The molecule has 1 aromatic carbocycles. The minimum absolute atomic E-state index is 0.191. The van der Waals surface area contributed by atoms with E-state index < -0.39 is 0 Å². The van der Waals surface area contributed by atoms with E-state index in [0.29, 0.717) is 6.54 Å². The fourth-order valence-electron chi connectivity index (χ4n) is 2.09. The van der Waals surface area contributed by atoms with E-state index in [1.165, 1.54) is 0 Å². The van der Waals surface area contributed by atoms with Gasteiger partial charge in [0.15, 0.2) is 0 Å². The quantitative estimate of drug-likeness (QED) is 0.744. The predicted molar refractivity (Wildman–Crippen MR) is 63.7 cm³/mol. The maximum absolute atomic E-state index is 11.8. The molecule has 0 saturated carbocycles. The monoisotopic (exact) mass is 230 g/mol. The molecular formula is C13H14N2O2. The normalized spacial score (nSPS) is 19.7. The third-order valence-corrected chi connectivity index (χ3v) is 2.92. The lowest BCUT2D eigenvalue weighted by Gasteiger charge is -2.31. The highest BCUT2D eigenvalue weighted by molar-refractivity contribution is 5.90. The maximum Gasteiger partial charge on any atom is 0.414 e. The Hall–Kier alpha value is -2.02. The number of ether oxygens (including phenoxy) is 1. The fraction of sp³-hybridized carbons (Fsp3) is 0.385. The van der Waals surface area contributed by atoms with Crippen LogP contribution in [0.5, 0.6) is 0 Å². The molecule has 4 nitrogen and oxygen atoms in total. The molecule has 0 spiro atoms. The summed E-state index contributed by atoms with van der Waals surface area (Å²) in [4.78, 5) is 13.3. The summed E-state index contributed by atoms with van der Waals surface area (Å²) in [5.74, 6) is -0.258. The highest BCUT2D eigenvalue weighted by Crippen LogP contribution is 2.27. The first kappa shape index (κ1) is 11.5. The number of hydrogen-bond donors (Lipinski definition) is 0. The van der Waals surface area contributed by atoms with Gasteiger partial charge in [-0.3, -0.25) is 4.90 Å². The first-order chi connectivity index (χ1) is 8.13. The van der Waals surface area contributed by atoms with Crippen LogP contribution in [0.1, 0.15) is 11.1 Å². The van der Waals surface area contributed by atoms with E-state index in [1.54, 1.807) is 4.90 Å². The van der Waals surface area contributed by atoms with Crippen molar-refractivity contribution in [2.75, 3.05) is 18.1 Å². The zero-order valence-electron chi connectivity index (χ0n) is 9.93. The van der Waals surface area contributed by atoms with Gasteiger partial charge in [0.2, 0.25) is 0 Å². The summed E-state index contributed by atoms with van der Waals surface area (Å²) in [6.45, 7) is 4.50. The number of carbonyl (C=O) groups is 1. The molecule has 1 aliphatic heterocycles. The van der Waals surface area contributed by atoms with Gasteiger partial charge in [0.1, 0.15) is 6.61 Å². The fourth-order valence-corrected chi connectivity index (χ4v) is 2.09. The van der Waals surface area contributed by atoms with Gasteiger partial charge >= 0.3 is 6.09 Å². The van der Waals surface area contributed by atoms with Crippen LogP contribution in [-0.4, -0.2) is 19.2 Å². The van der Waals surface area contributed by atoms with Crippen LogP contribution in [0.3, 0.4) is 0 Å². The smallest absolute Gasteiger partial charge is 0.414 e. The van der Waals surface area contributed by atoms with Crippen molar-refractivity contribution in [3.05, 3.63) is 29.3 Å². The summed E-state index contributed by atoms with van der Waals surface area (Å²) < 4.78 is 5.02. The predicted octanol–water partition coefficient (Wildman–Crippen LogP) is 2.40. The second kappa shape index (κ2) is 4.46. The molecule has 1 aliphatic rings. The summed E-state index contributed by atoms with van der Waals surface area (Å²) in [5, 5.41) is 8.91. The molecule has 1 heterocycles. The molecule has 0 aromatic heterocycles. The van der Waals surface area contributed by atoms with Crippen molar-refractivity contribution in [3.8, 4) is 6.07 Å². The summed E-state index contributed by atoms with van der Waals surface area (Å²) >= 11 is 0. The largest absolute Gasteiger partial charge is 0.448 e. The Morgan fingerprint density at radius 3 is 2.65 bits per heavy atom. The molecule has 1 fully saturated rings. The van der Waals surface area contributed by atoms with Crippen LogP contribution in [0.4, 0.5) is 10.5 Å². The molecular weight excluding hydrogens is 216 g/mol. The number of nitrogens with zero attached hydrogens (tertiary/aromatic N) is 2. The third kappa shape index (κ3) is 2.09. The first-order valence-corrected chi connectivity index (χ1v) is 5.53. The van der Waals surface area contributed by atoms with E-state index in [0.717, 1.165) is 16.8 Å². The van der Waals surface area contributed by atoms with Crippen molar-refractivity contribution in [2.24, 2.45) is 5.92 Å². The van der Waals surface area contributed by atoms with Crippen molar-refractivity contribution in [1.82, 2.24) is 0 Å². The molecule has 17 heavy (non-hydrogen) atoms. The highest BCUT2D eigenvalue weighted by Gasteiger charge is 2.29. The van der Waals surface area contributed by atoms with E-state index >= 15 is 0 Å². The average molecular weight is 230 g/mol. The zero-order valence-corrected chi connectivity index (χ0v) is 9.93. The van der Waals surface area contributed by atoms with Gasteiger partial charge in [0.25, 0.3) is 0 Å². The Morgan fingerprint density at radius 1 is 1.41 bits per heavy atom. The Labute approximate surface area is 100 Å². The van der Waals surface area contributed by atoms with Gasteiger partial charge in [-0.05, 0) is 25.0 Å². The van der Waals surface area contributed by atoms with Crippen molar-refractivity contribution in [3.63, 3.8) is 0 Å². The van der Waals surface area contributed by atoms with Crippen LogP contribution in [0.25, 0.3) is 0 Å². The van der Waals surface area contributed by atoms with Crippen LogP contribution < -0.4 is 4.90 Å². The molecule has 1 atom stereocenters. The molecule has 2 rings (SSSR count). The summed E-state index contributed by atoms with van der Waals surface area (Å²) in [6, 6.07) is 7.99. The minimum atomic E-state index is -0.367. The van der Waals surface area contributed by atoms with Crippen LogP contribution in [-0.2, 0) is 4.74 Å². The lowest BCUT2D eigenvalue weighted by atomic mass is 10.1. The highest BCUT2D eigenvalue weighted by atomic mass is 16.6. The first-order valence-electron chi connectivity index (χ1n) is 5.53. The van der Waals surface area contributed by atoms with Gasteiger partial charge in [0.05, 0.1) is 17.7 Å². The van der Waals surface area contributed by atoms with Gasteiger partial charge in [-0.2, -0.15) is 5.26 Å². The maximum atomic E-state index is 11.8. The van der Waals surface area contributed by atoms with Crippen LogP contribution in [0.2, 0.25) is 0 Å². The lowest BCUT2D eigenvalue weighted by molar-refractivity contribution is 0.127. The van der Waals surface area contributed by atoms with Gasteiger partial charge in [-0.25, -0.2) is 4.79 Å². The lowest BCUT2D eigenvalue weighted by Crippen LogP contribution is -2.43. The number of anilines is 1. The molecule has 0 aliphatic carbocycles. The molecule has 1 amide bonds. The number of benzene rings is 1. The number of hydrogen-bond acceptors (Lipinski definition) is 3. The molecule has 1 aromatic rings. The van der Waals surface area contributed by atoms with Crippen molar-refractivity contribution < 1.29 is 9.53 Å². The second-order valence-corrected chi connectivity index (χ2v) is 4.25. The van der Waals surface area contributed by atoms with Gasteiger partial charge < -0.3 is 4.74 Å². The molecule has 0 bridgehead atoms.